The van der Waals surface area contributed by atoms with Crippen molar-refractivity contribution >= 4 is 38.9 Å². The highest BCUT2D eigenvalue weighted by Crippen LogP contribution is 2.42. The first-order chi connectivity index (χ1) is 15.7. The van der Waals surface area contributed by atoms with Gasteiger partial charge < -0.3 is 20.7 Å². The number of nitrogens with zero attached hydrogens (tertiary/aromatic N) is 2. The van der Waals surface area contributed by atoms with Crippen LogP contribution in [0.2, 0.25) is 0 Å². The van der Waals surface area contributed by atoms with Crippen molar-refractivity contribution in [2.45, 2.75) is 24.2 Å². The monoisotopic (exact) mass is 488 g/mol. The lowest BCUT2D eigenvalue weighted by Gasteiger charge is -2.38. The van der Waals surface area contributed by atoms with Gasteiger partial charge in [0, 0.05) is 43.5 Å². The number of thiocarbonyl (C=S) groups is 1. The van der Waals surface area contributed by atoms with Crippen molar-refractivity contribution in [3.8, 4) is 5.75 Å². The Labute approximate surface area is 199 Å². The number of rotatable bonds is 5. The van der Waals surface area contributed by atoms with E-state index in [1.807, 2.05) is 4.90 Å². The van der Waals surface area contributed by atoms with Crippen LogP contribution >= 0.6 is 12.2 Å². The largest absolute Gasteiger partial charge is 0.497 e. The summed E-state index contributed by atoms with van der Waals surface area (Å²) < 4.78 is 32.9. The van der Waals surface area contributed by atoms with E-state index in [9.17, 15) is 13.2 Å². The van der Waals surface area contributed by atoms with E-state index in [1.54, 1.807) is 52.8 Å². The Kier molecular flexibility index (Phi) is 6.60. The van der Waals surface area contributed by atoms with Crippen LogP contribution < -0.4 is 15.8 Å². The number of methoxy groups -OCH3 is 1. The smallest absolute Gasteiger partial charge is 0.253 e. The quantitative estimate of drug-likeness (QED) is 0.624. The molecule has 2 heterocycles. The van der Waals surface area contributed by atoms with Crippen molar-refractivity contribution in [2.75, 3.05) is 38.6 Å². The van der Waals surface area contributed by atoms with Gasteiger partial charge in [0.2, 0.25) is 10.0 Å². The van der Waals surface area contributed by atoms with Gasteiger partial charge in [-0.2, -0.15) is 4.31 Å². The highest BCUT2D eigenvalue weighted by molar-refractivity contribution is 7.89. The number of nitrogens with two attached hydrogens (primary N) is 1. The molecule has 0 saturated carbocycles. The summed E-state index contributed by atoms with van der Waals surface area (Å²) in [5.74, 6) is 0.479. The number of sulfonamides is 1. The summed E-state index contributed by atoms with van der Waals surface area (Å²) in [5.41, 5.74) is 6.73. The molecular formula is C23H28N4O4S2. The fourth-order valence-corrected chi connectivity index (χ4v) is 6.28. The minimum Gasteiger partial charge on any atom is -0.497 e. The number of nitrogens with one attached hydrogen (secondary N) is 1. The van der Waals surface area contributed by atoms with Crippen LogP contribution in [0.5, 0.6) is 5.75 Å². The van der Waals surface area contributed by atoms with Crippen molar-refractivity contribution in [2.24, 2.45) is 11.1 Å². The lowest BCUT2D eigenvalue weighted by Crippen LogP contribution is -2.44. The van der Waals surface area contributed by atoms with Crippen LogP contribution in [0, 0.1) is 5.41 Å². The summed E-state index contributed by atoms with van der Waals surface area (Å²) in [4.78, 5) is 15.2. The molecule has 10 heteroatoms. The molecule has 2 saturated heterocycles. The predicted octanol–water partition coefficient (Wildman–Crippen LogP) is 2.67. The number of anilines is 1. The molecule has 0 aromatic heterocycles. The summed E-state index contributed by atoms with van der Waals surface area (Å²) in [6, 6.07) is 13.7. The molecule has 1 spiro atoms. The summed E-state index contributed by atoms with van der Waals surface area (Å²) in [6.07, 6.45) is 2.32. The molecule has 2 aromatic rings. The molecule has 2 aromatic carbocycles. The van der Waals surface area contributed by atoms with Gasteiger partial charge in [0.05, 0.1) is 12.0 Å². The number of likely N-dealkylation sites (tertiary alicyclic amines) is 1. The Morgan fingerprint density at radius 3 is 2.48 bits per heavy atom. The summed E-state index contributed by atoms with van der Waals surface area (Å²) in [7, 11) is -2.07. The summed E-state index contributed by atoms with van der Waals surface area (Å²) >= 11 is 4.87. The second-order valence-corrected chi connectivity index (χ2v) is 11.0. The molecule has 0 bridgehead atoms. The Morgan fingerprint density at radius 1 is 1.09 bits per heavy atom. The molecule has 2 fully saturated rings. The fraction of sp³-hybridized carbons (Fsp3) is 0.391. The predicted molar refractivity (Wildman–Crippen MR) is 131 cm³/mol. The molecule has 8 nitrogen and oxygen atoms in total. The molecule has 2 aliphatic rings. The molecular weight excluding hydrogens is 460 g/mol. The molecule has 4 rings (SSSR count). The number of ether oxygens (including phenoxy) is 1. The first kappa shape index (κ1) is 23.5. The fourth-order valence-electron chi connectivity index (χ4n) is 4.68. The SMILES string of the molecule is COc1cccc(S(=O)(=O)N2CCC3(CCN(C(=O)c4cccc(NC(N)=S)c4)C3)CC2)c1. The van der Waals surface area contributed by atoms with Gasteiger partial charge in [-0.05, 0) is 67.2 Å². The summed E-state index contributed by atoms with van der Waals surface area (Å²) in [6.45, 7) is 2.17. The minimum absolute atomic E-state index is 0.0371. The van der Waals surface area contributed by atoms with Gasteiger partial charge in [-0.1, -0.05) is 12.1 Å². The molecule has 33 heavy (non-hydrogen) atoms. The maximum atomic E-state index is 13.1. The second-order valence-electron chi connectivity index (χ2n) is 8.63. The first-order valence-corrected chi connectivity index (χ1v) is 12.7. The third-order valence-corrected chi connectivity index (χ3v) is 8.56. The van der Waals surface area contributed by atoms with Crippen LogP contribution in [0.4, 0.5) is 5.69 Å². The number of carbonyl (C=O) groups excluding carboxylic acids is 1. The standard InChI is InChI=1S/C23H28N4O4S2/c1-31-19-6-3-7-20(15-19)33(29,30)27-12-9-23(10-13-27)8-11-26(16-23)21(28)17-4-2-5-18(14-17)25-22(24)32/h2-7,14-15H,8-13,16H2,1H3,(H3,24,25,32). The van der Waals surface area contributed by atoms with Gasteiger partial charge in [-0.15, -0.1) is 0 Å². The van der Waals surface area contributed by atoms with Crippen molar-refractivity contribution in [3.63, 3.8) is 0 Å². The van der Waals surface area contributed by atoms with Crippen molar-refractivity contribution in [1.82, 2.24) is 9.21 Å². The number of hydrogen-bond donors (Lipinski definition) is 2. The van der Waals surface area contributed by atoms with Crippen molar-refractivity contribution < 1.29 is 17.9 Å². The molecule has 1 amide bonds. The molecule has 0 unspecified atom stereocenters. The van der Waals surface area contributed by atoms with Gasteiger partial charge in [-0.3, -0.25) is 4.79 Å². The van der Waals surface area contributed by atoms with Gasteiger partial charge >= 0.3 is 0 Å². The molecule has 2 aliphatic heterocycles. The number of carbonyl (C=O) groups is 1. The average molecular weight is 489 g/mol. The lowest BCUT2D eigenvalue weighted by molar-refractivity contribution is 0.0750. The topological polar surface area (TPSA) is 105 Å². The van der Waals surface area contributed by atoms with Crippen molar-refractivity contribution in [3.05, 3.63) is 54.1 Å². The number of amides is 1. The van der Waals surface area contributed by atoms with E-state index in [4.69, 9.17) is 22.7 Å². The molecule has 3 N–H and O–H groups in total. The normalized spacial score (nSPS) is 18.3. The Bertz CT molecular complexity index is 1160. The highest BCUT2D eigenvalue weighted by atomic mass is 32.2. The Hall–Kier alpha value is -2.69. The van der Waals surface area contributed by atoms with E-state index >= 15 is 0 Å². The Balaban J connectivity index is 1.41. The van der Waals surface area contributed by atoms with Gasteiger partial charge in [0.15, 0.2) is 5.11 Å². The van der Waals surface area contributed by atoms with Crippen LogP contribution in [0.15, 0.2) is 53.4 Å². The van der Waals surface area contributed by atoms with Crippen LogP contribution in [-0.4, -0.2) is 61.9 Å². The van der Waals surface area contributed by atoms with E-state index in [0.29, 0.717) is 43.2 Å². The maximum Gasteiger partial charge on any atom is 0.253 e. The third kappa shape index (κ3) is 4.97. The zero-order chi connectivity index (χ0) is 23.6. The Morgan fingerprint density at radius 2 is 1.79 bits per heavy atom. The third-order valence-electron chi connectivity index (χ3n) is 6.56. The minimum atomic E-state index is -3.58. The second kappa shape index (κ2) is 9.28. The van der Waals surface area contributed by atoms with Crippen LogP contribution in [0.25, 0.3) is 0 Å². The molecule has 176 valence electrons. The van der Waals surface area contributed by atoms with E-state index < -0.39 is 10.0 Å². The van der Waals surface area contributed by atoms with E-state index in [2.05, 4.69) is 5.32 Å². The van der Waals surface area contributed by atoms with E-state index in [0.717, 1.165) is 19.3 Å². The van der Waals surface area contributed by atoms with Crippen LogP contribution in [0.3, 0.4) is 0 Å². The lowest BCUT2D eigenvalue weighted by atomic mass is 9.78. The van der Waals surface area contributed by atoms with Gasteiger partial charge in [-0.25, -0.2) is 8.42 Å². The molecule has 0 radical (unpaired) electrons. The number of hydrogen-bond acceptors (Lipinski definition) is 5. The average Bonchev–Trinajstić information content (AvgIpc) is 3.22. The highest BCUT2D eigenvalue weighted by Gasteiger charge is 2.44. The first-order valence-electron chi connectivity index (χ1n) is 10.8. The molecule has 0 aliphatic carbocycles. The molecule has 0 atom stereocenters. The van der Waals surface area contributed by atoms with Gasteiger partial charge in [0.25, 0.3) is 5.91 Å². The summed E-state index contributed by atoms with van der Waals surface area (Å²) in [5, 5.41) is 3.00. The van der Waals surface area contributed by atoms with E-state index in [1.165, 1.54) is 7.11 Å². The van der Waals surface area contributed by atoms with Crippen LogP contribution in [-0.2, 0) is 10.0 Å². The number of benzene rings is 2. The maximum absolute atomic E-state index is 13.1. The van der Waals surface area contributed by atoms with Gasteiger partial charge in [0.1, 0.15) is 5.75 Å². The van der Waals surface area contributed by atoms with Crippen molar-refractivity contribution in [1.29, 1.82) is 0 Å². The zero-order valence-electron chi connectivity index (χ0n) is 18.5. The zero-order valence-corrected chi connectivity index (χ0v) is 20.1. The number of piperidine rings is 1. The van der Waals surface area contributed by atoms with E-state index in [-0.39, 0.29) is 21.3 Å². The van der Waals surface area contributed by atoms with Crippen LogP contribution in [0.1, 0.15) is 29.6 Å².